The average Bonchev–Trinajstić information content (AvgIpc) is 2.80. The lowest BCUT2D eigenvalue weighted by atomic mass is 9.99. The molecular formula is C31H48. The van der Waals surface area contributed by atoms with E-state index >= 15 is 0 Å². The maximum Gasteiger partial charge on any atom is -0.0152 e. The third kappa shape index (κ3) is 12.2. The molecule has 0 nitrogen and oxygen atoms in total. The maximum absolute atomic E-state index is 2.41. The van der Waals surface area contributed by atoms with Crippen molar-refractivity contribution in [1.29, 1.82) is 0 Å². The molecule has 0 heteroatoms. The number of allylic oxidation sites excluding steroid dienone is 2. The Morgan fingerprint density at radius 3 is 1.68 bits per heavy atom. The Morgan fingerprint density at radius 1 is 0.516 bits per heavy atom. The minimum atomic E-state index is 1.23. The first kappa shape index (κ1) is 25.7. The van der Waals surface area contributed by atoms with Crippen molar-refractivity contribution in [2.75, 3.05) is 0 Å². The Kier molecular flexibility index (Phi) is 15.0. The molecule has 0 aromatic heterocycles. The van der Waals surface area contributed by atoms with Crippen molar-refractivity contribution in [1.82, 2.24) is 0 Å². The zero-order valence-electron chi connectivity index (χ0n) is 20.4. The molecule has 0 aliphatic carbocycles. The van der Waals surface area contributed by atoms with Crippen molar-refractivity contribution in [2.45, 2.75) is 122 Å². The Morgan fingerprint density at radius 2 is 1.03 bits per heavy atom. The van der Waals surface area contributed by atoms with Crippen molar-refractivity contribution in [3.05, 3.63) is 60.2 Å². The van der Waals surface area contributed by atoms with E-state index in [9.17, 15) is 0 Å². The van der Waals surface area contributed by atoms with E-state index in [0.717, 1.165) is 0 Å². The molecule has 2 rings (SSSR count). The zero-order chi connectivity index (χ0) is 21.8. The summed E-state index contributed by atoms with van der Waals surface area (Å²) in [6.07, 6.45) is 29.8. The second kappa shape index (κ2) is 18.1. The molecule has 0 N–H and O–H groups in total. The molecule has 0 amide bonds. The number of aryl methyl sites for hydroxylation is 1. The second-order valence-corrected chi connectivity index (χ2v) is 9.39. The highest BCUT2D eigenvalue weighted by Gasteiger charge is 2.00. The molecular weight excluding hydrogens is 372 g/mol. The van der Waals surface area contributed by atoms with E-state index in [1.807, 2.05) is 0 Å². The topological polar surface area (TPSA) is 0 Å². The molecule has 0 aliphatic rings. The first-order valence-electron chi connectivity index (χ1n) is 13.5. The van der Waals surface area contributed by atoms with Crippen LogP contribution in [0, 0.1) is 0 Å². The molecule has 2 aromatic rings. The van der Waals surface area contributed by atoms with Crippen LogP contribution in [0.5, 0.6) is 0 Å². The SMILES string of the molecule is CCCCC/C=C/CCCCCCCCCCCCCCc1cccc2ccccc12. The molecule has 0 unspecified atom stereocenters. The largest absolute Gasteiger partial charge is 0.0885 e. The quantitative estimate of drug-likeness (QED) is 0.156. The van der Waals surface area contributed by atoms with Crippen LogP contribution in [0.15, 0.2) is 54.6 Å². The number of fused-ring (bicyclic) bond motifs is 1. The van der Waals surface area contributed by atoms with Crippen LogP contribution in [-0.2, 0) is 6.42 Å². The van der Waals surface area contributed by atoms with Crippen LogP contribution in [-0.4, -0.2) is 0 Å². The summed E-state index contributed by atoms with van der Waals surface area (Å²) in [5, 5.41) is 2.83. The highest BCUT2D eigenvalue weighted by Crippen LogP contribution is 2.21. The highest BCUT2D eigenvalue weighted by molar-refractivity contribution is 5.85. The lowest BCUT2D eigenvalue weighted by molar-refractivity contribution is 0.541. The van der Waals surface area contributed by atoms with Gasteiger partial charge in [-0.05, 0) is 54.9 Å². The van der Waals surface area contributed by atoms with E-state index < -0.39 is 0 Å². The number of hydrogen-bond acceptors (Lipinski definition) is 0. The molecule has 0 saturated carbocycles. The Hall–Kier alpha value is -1.56. The zero-order valence-corrected chi connectivity index (χ0v) is 20.4. The minimum Gasteiger partial charge on any atom is -0.0885 e. The van der Waals surface area contributed by atoms with Gasteiger partial charge in [-0.25, -0.2) is 0 Å². The Bertz CT molecular complexity index is 691. The molecule has 0 heterocycles. The fourth-order valence-corrected chi connectivity index (χ4v) is 4.60. The van der Waals surface area contributed by atoms with Gasteiger partial charge in [0.1, 0.15) is 0 Å². The van der Waals surface area contributed by atoms with Crippen LogP contribution >= 0.6 is 0 Å². The molecule has 0 spiro atoms. The number of hydrogen-bond donors (Lipinski definition) is 0. The van der Waals surface area contributed by atoms with Crippen LogP contribution in [0.3, 0.4) is 0 Å². The first-order chi connectivity index (χ1) is 15.4. The van der Waals surface area contributed by atoms with E-state index in [0.29, 0.717) is 0 Å². The van der Waals surface area contributed by atoms with Crippen molar-refractivity contribution in [2.24, 2.45) is 0 Å². The van der Waals surface area contributed by atoms with Gasteiger partial charge in [-0.3, -0.25) is 0 Å². The Labute approximate surface area is 193 Å². The molecule has 31 heavy (non-hydrogen) atoms. The first-order valence-corrected chi connectivity index (χ1v) is 13.5. The second-order valence-electron chi connectivity index (χ2n) is 9.39. The van der Waals surface area contributed by atoms with Crippen molar-refractivity contribution < 1.29 is 0 Å². The van der Waals surface area contributed by atoms with Crippen molar-refractivity contribution in [3.8, 4) is 0 Å². The third-order valence-corrected chi connectivity index (χ3v) is 6.59. The summed E-state index contributed by atoms with van der Waals surface area (Å²) in [6, 6.07) is 15.6. The normalized spacial score (nSPS) is 11.6. The number of benzene rings is 2. The van der Waals surface area contributed by atoms with Crippen molar-refractivity contribution in [3.63, 3.8) is 0 Å². The van der Waals surface area contributed by atoms with Crippen LogP contribution in [0.4, 0.5) is 0 Å². The van der Waals surface area contributed by atoms with Gasteiger partial charge in [-0.15, -0.1) is 0 Å². The summed E-state index contributed by atoms with van der Waals surface area (Å²) in [5.74, 6) is 0. The molecule has 0 aliphatic heterocycles. The molecule has 0 fully saturated rings. The van der Waals surface area contributed by atoms with Gasteiger partial charge < -0.3 is 0 Å². The monoisotopic (exact) mass is 420 g/mol. The molecule has 2 aromatic carbocycles. The van der Waals surface area contributed by atoms with E-state index in [1.54, 1.807) is 0 Å². The summed E-state index contributed by atoms with van der Waals surface area (Å²) in [5.41, 5.74) is 1.53. The van der Waals surface area contributed by atoms with Crippen LogP contribution in [0.2, 0.25) is 0 Å². The summed E-state index contributed by atoms with van der Waals surface area (Å²) in [6.45, 7) is 2.28. The summed E-state index contributed by atoms with van der Waals surface area (Å²) >= 11 is 0. The molecule has 0 atom stereocenters. The van der Waals surface area contributed by atoms with Crippen LogP contribution < -0.4 is 0 Å². The van der Waals surface area contributed by atoms with Gasteiger partial charge in [0, 0.05) is 0 Å². The van der Waals surface area contributed by atoms with Gasteiger partial charge in [0.05, 0.1) is 0 Å². The standard InChI is InChI=1S/C31H48/c1-2-3-4-5-6-7-8-9-10-11-12-13-14-15-16-17-18-19-20-24-29-26-23-27-30-25-21-22-28-31(29)30/h6-7,21-23,25-28H,2-5,8-20,24H2,1H3/b7-6+. The molecule has 0 bridgehead atoms. The van der Waals surface area contributed by atoms with Gasteiger partial charge >= 0.3 is 0 Å². The lowest BCUT2D eigenvalue weighted by Gasteiger charge is -2.07. The van der Waals surface area contributed by atoms with E-state index in [1.165, 1.54) is 132 Å². The average molecular weight is 421 g/mol. The highest BCUT2D eigenvalue weighted by atomic mass is 14.1. The summed E-state index contributed by atoms with van der Waals surface area (Å²) in [7, 11) is 0. The van der Waals surface area contributed by atoms with E-state index in [4.69, 9.17) is 0 Å². The van der Waals surface area contributed by atoms with Crippen LogP contribution in [0.1, 0.15) is 122 Å². The Balaban J connectivity index is 1.33. The van der Waals surface area contributed by atoms with E-state index in [-0.39, 0.29) is 0 Å². The predicted octanol–water partition coefficient (Wildman–Crippen LogP) is 10.6. The van der Waals surface area contributed by atoms with Gasteiger partial charge in [0.2, 0.25) is 0 Å². The van der Waals surface area contributed by atoms with Gasteiger partial charge in [0.25, 0.3) is 0 Å². The fraction of sp³-hybridized carbons (Fsp3) is 0.613. The third-order valence-electron chi connectivity index (χ3n) is 6.59. The molecule has 0 radical (unpaired) electrons. The lowest BCUT2D eigenvalue weighted by Crippen LogP contribution is -1.88. The fourth-order valence-electron chi connectivity index (χ4n) is 4.60. The summed E-state index contributed by atoms with van der Waals surface area (Å²) < 4.78 is 0. The van der Waals surface area contributed by atoms with Gasteiger partial charge in [-0.1, -0.05) is 139 Å². The predicted molar refractivity (Wildman–Crippen MR) is 141 cm³/mol. The molecule has 172 valence electrons. The smallest absolute Gasteiger partial charge is 0.0152 e. The number of rotatable bonds is 19. The number of unbranched alkanes of at least 4 members (excludes halogenated alkanes) is 15. The van der Waals surface area contributed by atoms with Crippen LogP contribution in [0.25, 0.3) is 10.8 Å². The minimum absolute atomic E-state index is 1.23. The summed E-state index contributed by atoms with van der Waals surface area (Å²) in [4.78, 5) is 0. The van der Waals surface area contributed by atoms with Gasteiger partial charge in [-0.2, -0.15) is 0 Å². The van der Waals surface area contributed by atoms with Crippen molar-refractivity contribution >= 4 is 10.8 Å². The molecule has 0 saturated heterocycles. The van der Waals surface area contributed by atoms with Gasteiger partial charge in [0.15, 0.2) is 0 Å². The van der Waals surface area contributed by atoms with E-state index in [2.05, 4.69) is 61.5 Å². The maximum atomic E-state index is 2.41.